The number of amides is 1. The molecule has 114 valence electrons. The Morgan fingerprint density at radius 3 is 2.82 bits per heavy atom. The highest BCUT2D eigenvalue weighted by atomic mass is 35.5. The first-order chi connectivity index (χ1) is 10.6. The van der Waals surface area contributed by atoms with Crippen molar-refractivity contribution in [1.29, 1.82) is 0 Å². The van der Waals surface area contributed by atoms with E-state index in [0.717, 1.165) is 30.5 Å². The second-order valence-corrected chi connectivity index (χ2v) is 5.90. The van der Waals surface area contributed by atoms with E-state index in [1.807, 2.05) is 24.3 Å². The lowest BCUT2D eigenvalue weighted by Gasteiger charge is -2.17. The van der Waals surface area contributed by atoms with Gasteiger partial charge in [0.15, 0.2) is 0 Å². The van der Waals surface area contributed by atoms with E-state index in [-0.39, 0.29) is 11.9 Å². The molecule has 2 N–H and O–H groups in total. The highest BCUT2D eigenvalue weighted by Gasteiger charge is 2.27. The van der Waals surface area contributed by atoms with Crippen LogP contribution < -0.4 is 5.32 Å². The summed E-state index contributed by atoms with van der Waals surface area (Å²) in [7, 11) is 0. The van der Waals surface area contributed by atoms with Crippen LogP contribution in [-0.2, 0) is 0 Å². The highest BCUT2D eigenvalue weighted by Crippen LogP contribution is 2.25. The molecule has 0 spiro atoms. The van der Waals surface area contributed by atoms with Gasteiger partial charge in [0.05, 0.1) is 28.4 Å². The molecule has 1 fully saturated rings. The van der Waals surface area contributed by atoms with Gasteiger partial charge in [-0.15, -0.1) is 0 Å². The van der Waals surface area contributed by atoms with E-state index in [4.69, 9.17) is 11.6 Å². The fourth-order valence-electron chi connectivity index (χ4n) is 2.75. The predicted octanol–water partition coefficient (Wildman–Crippen LogP) is 3.05. The smallest absolute Gasteiger partial charge is 0.253 e. The summed E-state index contributed by atoms with van der Waals surface area (Å²) in [5, 5.41) is 13.1. The third kappa shape index (κ3) is 3.13. The Morgan fingerprint density at radius 2 is 2.14 bits per heavy atom. The third-order valence-corrected chi connectivity index (χ3v) is 4.30. The molecule has 5 heteroatoms. The van der Waals surface area contributed by atoms with E-state index in [0.29, 0.717) is 10.6 Å². The zero-order valence-corrected chi connectivity index (χ0v) is 12.8. The van der Waals surface area contributed by atoms with Crippen LogP contribution in [0.5, 0.6) is 0 Å². The van der Waals surface area contributed by atoms with E-state index in [1.165, 1.54) is 0 Å². The van der Waals surface area contributed by atoms with E-state index >= 15 is 0 Å². The van der Waals surface area contributed by atoms with Gasteiger partial charge < -0.3 is 10.4 Å². The molecule has 1 heterocycles. The van der Waals surface area contributed by atoms with Gasteiger partial charge in [0.1, 0.15) is 0 Å². The van der Waals surface area contributed by atoms with Crippen LogP contribution in [0.15, 0.2) is 42.6 Å². The van der Waals surface area contributed by atoms with Crippen LogP contribution in [0.3, 0.4) is 0 Å². The molecule has 0 radical (unpaired) electrons. The van der Waals surface area contributed by atoms with Crippen LogP contribution in [0.2, 0.25) is 5.02 Å². The van der Waals surface area contributed by atoms with Crippen LogP contribution in [-0.4, -0.2) is 28.1 Å². The lowest BCUT2D eigenvalue weighted by atomic mass is 10.1. The molecule has 22 heavy (non-hydrogen) atoms. The average Bonchev–Trinajstić information content (AvgIpc) is 2.93. The quantitative estimate of drug-likeness (QED) is 0.915. The molecule has 0 unspecified atom stereocenters. The zero-order chi connectivity index (χ0) is 15.5. The van der Waals surface area contributed by atoms with E-state index in [1.54, 1.807) is 18.3 Å². The highest BCUT2D eigenvalue weighted by molar-refractivity contribution is 6.34. The minimum atomic E-state index is -0.471. The number of carbonyl (C=O) groups is 1. The molecule has 2 aromatic rings. The fourth-order valence-corrected chi connectivity index (χ4v) is 2.95. The maximum Gasteiger partial charge on any atom is 0.253 e. The maximum atomic E-state index is 12.4. The van der Waals surface area contributed by atoms with Crippen molar-refractivity contribution in [3.63, 3.8) is 0 Å². The summed E-state index contributed by atoms with van der Waals surface area (Å²) in [6.45, 7) is 0. The molecule has 0 saturated heterocycles. The van der Waals surface area contributed by atoms with Gasteiger partial charge in [0.25, 0.3) is 5.91 Å². The van der Waals surface area contributed by atoms with Crippen molar-refractivity contribution in [1.82, 2.24) is 10.3 Å². The summed E-state index contributed by atoms with van der Waals surface area (Å²) in [6, 6.07) is 10.7. The van der Waals surface area contributed by atoms with E-state index < -0.39 is 6.10 Å². The molecular weight excluding hydrogens is 300 g/mol. The van der Waals surface area contributed by atoms with Crippen molar-refractivity contribution in [2.24, 2.45) is 0 Å². The number of pyridine rings is 1. The number of aliphatic hydroxyl groups is 1. The Labute approximate surface area is 134 Å². The van der Waals surface area contributed by atoms with Gasteiger partial charge in [-0.1, -0.05) is 23.7 Å². The summed E-state index contributed by atoms with van der Waals surface area (Å²) < 4.78 is 0. The normalized spacial score (nSPS) is 20.8. The molecule has 1 amide bonds. The number of carbonyl (C=O) groups excluding carboxylic acids is 1. The summed E-state index contributed by atoms with van der Waals surface area (Å²) in [5.41, 5.74) is 2.03. The van der Waals surface area contributed by atoms with Crippen molar-refractivity contribution in [3.05, 3.63) is 53.2 Å². The van der Waals surface area contributed by atoms with Gasteiger partial charge in [-0.05, 0) is 43.5 Å². The molecule has 0 aliphatic heterocycles. The van der Waals surface area contributed by atoms with E-state index in [2.05, 4.69) is 10.3 Å². The molecule has 4 nitrogen and oxygen atoms in total. The van der Waals surface area contributed by atoms with Crippen molar-refractivity contribution in [2.45, 2.75) is 31.4 Å². The molecule has 1 aromatic heterocycles. The average molecular weight is 317 g/mol. The van der Waals surface area contributed by atoms with Gasteiger partial charge in [-0.3, -0.25) is 9.78 Å². The number of benzene rings is 1. The Balaban J connectivity index is 1.85. The Kier molecular flexibility index (Phi) is 4.41. The molecule has 1 aliphatic carbocycles. The molecule has 3 rings (SSSR count). The number of nitrogens with one attached hydrogen (secondary N) is 1. The lowest BCUT2D eigenvalue weighted by molar-refractivity contribution is 0.0873. The van der Waals surface area contributed by atoms with E-state index in [9.17, 15) is 9.90 Å². The molecule has 1 aromatic carbocycles. The Bertz CT molecular complexity index is 676. The van der Waals surface area contributed by atoms with Gasteiger partial charge in [-0.25, -0.2) is 0 Å². The van der Waals surface area contributed by atoms with Crippen LogP contribution >= 0.6 is 11.6 Å². The first-order valence-electron chi connectivity index (χ1n) is 7.35. The molecule has 2 atom stereocenters. The molecule has 0 bridgehead atoms. The van der Waals surface area contributed by atoms with Gasteiger partial charge in [0, 0.05) is 11.8 Å². The van der Waals surface area contributed by atoms with Crippen LogP contribution in [0.4, 0.5) is 0 Å². The summed E-state index contributed by atoms with van der Waals surface area (Å²) in [5.74, 6) is -0.256. The number of hydrogen-bond donors (Lipinski definition) is 2. The monoisotopic (exact) mass is 316 g/mol. The number of aliphatic hydroxyl groups excluding tert-OH is 1. The van der Waals surface area contributed by atoms with Crippen molar-refractivity contribution >= 4 is 17.5 Å². The summed E-state index contributed by atoms with van der Waals surface area (Å²) in [6.07, 6.45) is 3.69. The number of hydrogen-bond acceptors (Lipinski definition) is 3. The SMILES string of the molecule is O=C(N[C@H]1CCC[C@@H]1O)c1cc(-c2ccccn2)ccc1Cl. The fraction of sp³-hybridized carbons (Fsp3) is 0.294. The van der Waals surface area contributed by atoms with Crippen molar-refractivity contribution < 1.29 is 9.90 Å². The number of nitrogens with zero attached hydrogens (tertiary/aromatic N) is 1. The minimum absolute atomic E-state index is 0.193. The maximum absolute atomic E-state index is 12.4. The van der Waals surface area contributed by atoms with Crippen LogP contribution in [0.25, 0.3) is 11.3 Å². The standard InChI is InChI=1S/C17H17ClN2O2/c18-13-8-7-11(14-4-1-2-9-19-14)10-12(13)17(22)20-15-5-3-6-16(15)21/h1-2,4,7-10,15-16,21H,3,5-6H2,(H,20,22)/t15-,16-/m0/s1. The first-order valence-corrected chi connectivity index (χ1v) is 7.73. The largest absolute Gasteiger partial charge is 0.391 e. The third-order valence-electron chi connectivity index (χ3n) is 3.97. The Morgan fingerprint density at radius 1 is 1.27 bits per heavy atom. The van der Waals surface area contributed by atoms with Crippen molar-refractivity contribution in [2.75, 3.05) is 0 Å². The number of aromatic nitrogens is 1. The van der Waals surface area contributed by atoms with Gasteiger partial charge >= 0.3 is 0 Å². The topological polar surface area (TPSA) is 62.2 Å². The first kappa shape index (κ1) is 15.0. The second-order valence-electron chi connectivity index (χ2n) is 5.49. The van der Waals surface area contributed by atoms with Gasteiger partial charge in [0.2, 0.25) is 0 Å². The predicted molar refractivity (Wildman–Crippen MR) is 85.8 cm³/mol. The molecule has 1 saturated carbocycles. The van der Waals surface area contributed by atoms with Crippen LogP contribution in [0.1, 0.15) is 29.6 Å². The van der Waals surface area contributed by atoms with Crippen LogP contribution in [0, 0.1) is 0 Å². The zero-order valence-electron chi connectivity index (χ0n) is 12.0. The summed E-state index contributed by atoms with van der Waals surface area (Å²) >= 11 is 6.16. The molecule has 1 aliphatic rings. The molecular formula is C17H17ClN2O2. The Hall–Kier alpha value is -1.91. The number of halogens is 1. The lowest BCUT2D eigenvalue weighted by Crippen LogP contribution is -2.39. The van der Waals surface area contributed by atoms with Gasteiger partial charge in [-0.2, -0.15) is 0 Å². The minimum Gasteiger partial charge on any atom is -0.391 e. The van der Waals surface area contributed by atoms with Crippen molar-refractivity contribution in [3.8, 4) is 11.3 Å². The summed E-state index contributed by atoms with van der Waals surface area (Å²) in [4.78, 5) is 16.7. The second kappa shape index (κ2) is 6.46. The number of rotatable bonds is 3.